The Labute approximate surface area is 109 Å². The van der Waals surface area contributed by atoms with Crippen LogP contribution in [0.25, 0.3) is 0 Å². The van der Waals surface area contributed by atoms with Crippen LogP contribution in [-0.2, 0) is 4.79 Å². The van der Waals surface area contributed by atoms with Crippen molar-refractivity contribution in [2.45, 2.75) is 26.3 Å². The highest BCUT2D eigenvalue weighted by atomic mass is 19.1. The van der Waals surface area contributed by atoms with Crippen molar-refractivity contribution in [1.29, 1.82) is 0 Å². The minimum atomic E-state index is -1.02. The zero-order chi connectivity index (χ0) is 14.4. The molecule has 1 amide bonds. The second-order valence-corrected chi connectivity index (χ2v) is 4.10. The Bertz CT molecular complexity index is 454. The highest BCUT2D eigenvalue weighted by molar-refractivity contribution is 5.78. The molecule has 19 heavy (non-hydrogen) atoms. The van der Waals surface area contributed by atoms with E-state index in [1.54, 1.807) is 6.92 Å². The topological polar surface area (TPSA) is 55.4 Å². The van der Waals surface area contributed by atoms with Crippen molar-refractivity contribution in [2.24, 2.45) is 0 Å². The monoisotopic (exact) mass is 271 g/mol. The van der Waals surface area contributed by atoms with Crippen molar-refractivity contribution >= 4 is 12.2 Å². The lowest BCUT2D eigenvalue weighted by atomic mass is 10.2. The van der Waals surface area contributed by atoms with E-state index in [1.165, 1.54) is 0 Å². The van der Waals surface area contributed by atoms with Gasteiger partial charge in [-0.1, -0.05) is 6.92 Å². The first kappa shape index (κ1) is 15.1. The molecule has 104 valence electrons. The van der Waals surface area contributed by atoms with Gasteiger partial charge in [0.2, 0.25) is 0 Å². The summed E-state index contributed by atoms with van der Waals surface area (Å²) in [5.74, 6) is -3.16. The number of rotatable bonds is 6. The average Bonchev–Trinajstić information content (AvgIpc) is 2.37. The van der Waals surface area contributed by atoms with Crippen LogP contribution in [0.5, 0.6) is 5.75 Å². The maximum Gasteiger partial charge on any atom is 0.258 e. The van der Waals surface area contributed by atoms with E-state index in [9.17, 15) is 18.4 Å². The number of amides is 1. The van der Waals surface area contributed by atoms with E-state index in [-0.39, 0.29) is 11.6 Å². The van der Waals surface area contributed by atoms with Gasteiger partial charge in [-0.05, 0) is 25.5 Å². The Hall–Kier alpha value is -1.98. The fourth-order valence-corrected chi connectivity index (χ4v) is 1.34. The van der Waals surface area contributed by atoms with Gasteiger partial charge in [-0.3, -0.25) is 9.59 Å². The summed E-state index contributed by atoms with van der Waals surface area (Å²) >= 11 is 0. The van der Waals surface area contributed by atoms with Gasteiger partial charge in [0.25, 0.3) is 5.91 Å². The molecule has 1 N–H and O–H groups in total. The molecule has 0 saturated heterocycles. The molecule has 0 aliphatic carbocycles. The van der Waals surface area contributed by atoms with Crippen molar-refractivity contribution in [1.82, 2.24) is 5.32 Å². The van der Waals surface area contributed by atoms with Crippen LogP contribution < -0.4 is 10.1 Å². The Balaban J connectivity index is 2.68. The van der Waals surface area contributed by atoms with Crippen molar-refractivity contribution in [3.63, 3.8) is 0 Å². The number of hydrogen-bond donors (Lipinski definition) is 1. The van der Waals surface area contributed by atoms with Crippen LogP contribution in [0.4, 0.5) is 8.78 Å². The van der Waals surface area contributed by atoms with Crippen molar-refractivity contribution < 1.29 is 23.1 Å². The standard InChI is InChI=1S/C13H15F2NO3/c1-3-8(2)16-12(18)7-19-13-10(14)4-9(6-17)5-11(13)15/h4-6,8H,3,7H2,1-2H3,(H,16,18). The molecular weight excluding hydrogens is 256 g/mol. The maximum absolute atomic E-state index is 13.4. The minimum absolute atomic E-state index is 0.0387. The molecule has 6 heteroatoms. The van der Waals surface area contributed by atoms with E-state index in [2.05, 4.69) is 5.32 Å². The first-order valence-corrected chi connectivity index (χ1v) is 5.84. The van der Waals surface area contributed by atoms with E-state index < -0.39 is 29.9 Å². The number of aldehydes is 1. The molecule has 0 heterocycles. The Morgan fingerprint density at radius 2 is 2.00 bits per heavy atom. The fourth-order valence-electron chi connectivity index (χ4n) is 1.34. The molecule has 0 fully saturated rings. The second kappa shape index (κ2) is 6.82. The summed E-state index contributed by atoms with van der Waals surface area (Å²) in [4.78, 5) is 21.8. The van der Waals surface area contributed by atoms with Crippen molar-refractivity contribution in [3.05, 3.63) is 29.3 Å². The molecule has 0 aliphatic heterocycles. The molecule has 1 unspecified atom stereocenters. The van der Waals surface area contributed by atoms with Gasteiger partial charge < -0.3 is 10.1 Å². The summed E-state index contributed by atoms with van der Waals surface area (Å²) in [6, 6.07) is 1.65. The van der Waals surface area contributed by atoms with Crippen LogP contribution in [0.15, 0.2) is 12.1 Å². The third kappa shape index (κ3) is 4.31. The van der Waals surface area contributed by atoms with E-state index in [0.717, 1.165) is 18.6 Å². The Morgan fingerprint density at radius 3 is 2.47 bits per heavy atom. The molecule has 0 aliphatic rings. The number of benzene rings is 1. The zero-order valence-electron chi connectivity index (χ0n) is 10.7. The van der Waals surface area contributed by atoms with Crippen molar-refractivity contribution in [3.8, 4) is 5.75 Å². The normalized spacial score (nSPS) is 11.8. The largest absolute Gasteiger partial charge is 0.478 e. The number of ether oxygens (including phenoxy) is 1. The Morgan fingerprint density at radius 1 is 1.42 bits per heavy atom. The van der Waals surface area contributed by atoms with Crippen LogP contribution in [0.2, 0.25) is 0 Å². The summed E-state index contributed by atoms with van der Waals surface area (Å²) in [5.41, 5.74) is -0.133. The molecule has 1 aromatic carbocycles. The molecule has 0 saturated carbocycles. The molecule has 1 rings (SSSR count). The third-order valence-corrected chi connectivity index (χ3v) is 2.52. The molecule has 0 aromatic heterocycles. The molecule has 0 radical (unpaired) electrons. The summed E-state index contributed by atoms with van der Waals surface area (Å²) in [6.07, 6.45) is 1.06. The second-order valence-electron chi connectivity index (χ2n) is 4.10. The molecule has 1 aromatic rings. The number of nitrogens with one attached hydrogen (secondary N) is 1. The summed E-state index contributed by atoms with van der Waals surface area (Å²) in [6.45, 7) is 3.21. The van der Waals surface area contributed by atoms with Gasteiger partial charge in [-0.15, -0.1) is 0 Å². The molecule has 0 bridgehead atoms. The minimum Gasteiger partial charge on any atom is -0.478 e. The van der Waals surface area contributed by atoms with Gasteiger partial charge >= 0.3 is 0 Å². The van der Waals surface area contributed by atoms with Crippen LogP contribution in [0.3, 0.4) is 0 Å². The van der Waals surface area contributed by atoms with Gasteiger partial charge in [-0.25, -0.2) is 8.78 Å². The van der Waals surface area contributed by atoms with Crippen molar-refractivity contribution in [2.75, 3.05) is 6.61 Å². The van der Waals surface area contributed by atoms with Gasteiger partial charge in [0.05, 0.1) is 0 Å². The summed E-state index contributed by atoms with van der Waals surface area (Å²) in [7, 11) is 0. The molecule has 1 atom stereocenters. The SMILES string of the molecule is CCC(C)NC(=O)COc1c(F)cc(C=O)cc1F. The number of halogens is 2. The number of hydrogen-bond acceptors (Lipinski definition) is 3. The highest BCUT2D eigenvalue weighted by Crippen LogP contribution is 2.22. The lowest BCUT2D eigenvalue weighted by Gasteiger charge is -2.12. The lowest BCUT2D eigenvalue weighted by Crippen LogP contribution is -2.35. The number of carbonyl (C=O) groups excluding carboxylic acids is 2. The maximum atomic E-state index is 13.4. The smallest absolute Gasteiger partial charge is 0.258 e. The van der Waals surface area contributed by atoms with Gasteiger partial charge in [0.15, 0.2) is 24.0 Å². The van der Waals surface area contributed by atoms with E-state index in [4.69, 9.17) is 4.74 Å². The summed E-state index contributed by atoms with van der Waals surface area (Å²) in [5, 5.41) is 2.60. The predicted molar refractivity (Wildman–Crippen MR) is 65.1 cm³/mol. The van der Waals surface area contributed by atoms with E-state index in [1.807, 2.05) is 6.92 Å². The number of carbonyl (C=O) groups is 2. The first-order chi connectivity index (χ1) is 8.97. The molecular formula is C13H15F2NO3. The van der Waals surface area contributed by atoms with Crippen LogP contribution in [0, 0.1) is 11.6 Å². The quantitative estimate of drug-likeness (QED) is 0.806. The van der Waals surface area contributed by atoms with Crippen LogP contribution in [-0.4, -0.2) is 24.8 Å². The van der Waals surface area contributed by atoms with Gasteiger partial charge in [0.1, 0.15) is 6.29 Å². The van der Waals surface area contributed by atoms with Crippen LogP contribution in [0.1, 0.15) is 30.6 Å². The van der Waals surface area contributed by atoms with E-state index >= 15 is 0 Å². The highest BCUT2D eigenvalue weighted by Gasteiger charge is 2.14. The molecule has 4 nitrogen and oxygen atoms in total. The van der Waals surface area contributed by atoms with Gasteiger partial charge in [0, 0.05) is 11.6 Å². The third-order valence-electron chi connectivity index (χ3n) is 2.52. The predicted octanol–water partition coefficient (Wildman–Crippen LogP) is 2.07. The van der Waals surface area contributed by atoms with E-state index in [0.29, 0.717) is 6.29 Å². The van der Waals surface area contributed by atoms with Gasteiger partial charge in [-0.2, -0.15) is 0 Å². The summed E-state index contributed by atoms with van der Waals surface area (Å²) < 4.78 is 31.6. The molecule has 0 spiro atoms. The zero-order valence-corrected chi connectivity index (χ0v) is 10.7. The fraction of sp³-hybridized carbons (Fsp3) is 0.385. The first-order valence-electron chi connectivity index (χ1n) is 5.84. The Kier molecular flexibility index (Phi) is 5.41. The lowest BCUT2D eigenvalue weighted by molar-refractivity contribution is -0.123. The average molecular weight is 271 g/mol. The van der Waals surface area contributed by atoms with Crippen LogP contribution >= 0.6 is 0 Å².